The summed E-state index contributed by atoms with van der Waals surface area (Å²) in [5.41, 5.74) is 0.0586. The number of nitrogens with zero attached hydrogens (tertiary/aromatic N) is 2. The van der Waals surface area contributed by atoms with Gasteiger partial charge in [0.25, 0.3) is 0 Å². The number of carbonyl (C=O) groups excluding carboxylic acids is 1. The number of urea groups is 1. The van der Waals surface area contributed by atoms with Gasteiger partial charge in [0, 0.05) is 31.9 Å². The van der Waals surface area contributed by atoms with Gasteiger partial charge in [0.2, 0.25) is 0 Å². The first-order valence-corrected chi connectivity index (χ1v) is 6.94. The van der Waals surface area contributed by atoms with E-state index in [2.05, 4.69) is 10.3 Å². The number of thiazole rings is 1. The van der Waals surface area contributed by atoms with Crippen LogP contribution in [-0.2, 0) is 6.42 Å². The molecule has 0 atom stereocenters. The van der Waals surface area contributed by atoms with E-state index in [0.717, 1.165) is 0 Å². The zero-order valence-corrected chi connectivity index (χ0v) is 12.2. The third-order valence-electron chi connectivity index (χ3n) is 2.37. The first kappa shape index (κ1) is 15.4. The van der Waals surface area contributed by atoms with Crippen LogP contribution in [0, 0.1) is 5.92 Å². The molecule has 2 N–H and O–H groups in total. The molecule has 0 saturated carbocycles. The average molecular weight is 285 g/mol. The lowest BCUT2D eigenvalue weighted by Gasteiger charge is -2.19. The Morgan fingerprint density at radius 1 is 1.53 bits per heavy atom. The van der Waals surface area contributed by atoms with Gasteiger partial charge in [-0.05, 0) is 5.92 Å². The number of nitrogens with one attached hydrogen (secondary N) is 1. The van der Waals surface area contributed by atoms with E-state index < -0.39 is 5.97 Å². The SMILES string of the molecule is CC(C)CN(C)C(=O)NCCc1nc(C(=O)O)cs1. The maximum Gasteiger partial charge on any atom is 0.355 e. The van der Waals surface area contributed by atoms with Crippen LogP contribution in [0.25, 0.3) is 0 Å². The molecule has 1 aromatic rings. The normalized spacial score (nSPS) is 10.5. The molecule has 1 heterocycles. The molecule has 7 heteroatoms. The molecule has 0 bridgehead atoms. The first-order valence-electron chi connectivity index (χ1n) is 6.06. The van der Waals surface area contributed by atoms with Gasteiger partial charge in [-0.15, -0.1) is 11.3 Å². The summed E-state index contributed by atoms with van der Waals surface area (Å²) in [5.74, 6) is -0.601. The van der Waals surface area contributed by atoms with Crippen molar-refractivity contribution in [3.05, 3.63) is 16.1 Å². The highest BCUT2D eigenvalue weighted by Gasteiger charge is 2.11. The molecule has 0 aliphatic carbocycles. The minimum Gasteiger partial charge on any atom is -0.476 e. The van der Waals surface area contributed by atoms with E-state index in [1.807, 2.05) is 13.8 Å². The van der Waals surface area contributed by atoms with Crippen molar-refractivity contribution < 1.29 is 14.7 Å². The van der Waals surface area contributed by atoms with Gasteiger partial charge in [0.05, 0.1) is 5.01 Å². The number of hydrogen-bond acceptors (Lipinski definition) is 4. The number of carboxylic acid groups (broad SMARTS) is 1. The van der Waals surface area contributed by atoms with E-state index in [9.17, 15) is 9.59 Å². The summed E-state index contributed by atoms with van der Waals surface area (Å²) in [5, 5.41) is 13.7. The molecule has 0 aliphatic heterocycles. The molecule has 106 valence electrons. The lowest BCUT2D eigenvalue weighted by molar-refractivity contribution is 0.0691. The van der Waals surface area contributed by atoms with Crippen LogP contribution in [0.5, 0.6) is 0 Å². The number of amides is 2. The average Bonchev–Trinajstić information content (AvgIpc) is 2.76. The van der Waals surface area contributed by atoms with Crippen molar-refractivity contribution in [1.29, 1.82) is 0 Å². The predicted molar refractivity (Wildman–Crippen MR) is 73.6 cm³/mol. The molecule has 1 aromatic heterocycles. The molecular formula is C12H19N3O3S. The summed E-state index contributed by atoms with van der Waals surface area (Å²) < 4.78 is 0. The van der Waals surface area contributed by atoms with Crippen molar-refractivity contribution in [2.24, 2.45) is 5.92 Å². The van der Waals surface area contributed by atoms with Crippen molar-refractivity contribution in [2.75, 3.05) is 20.1 Å². The number of carbonyl (C=O) groups is 2. The standard InChI is InChI=1S/C12H19N3O3S/c1-8(2)6-15(3)12(18)13-5-4-10-14-9(7-19-10)11(16)17/h7-8H,4-6H2,1-3H3,(H,13,18)(H,16,17). The van der Waals surface area contributed by atoms with E-state index in [4.69, 9.17) is 5.11 Å². The molecule has 0 unspecified atom stereocenters. The Morgan fingerprint density at radius 3 is 2.74 bits per heavy atom. The molecule has 2 amide bonds. The van der Waals surface area contributed by atoms with E-state index in [1.54, 1.807) is 11.9 Å². The van der Waals surface area contributed by atoms with Gasteiger partial charge in [-0.2, -0.15) is 0 Å². The molecule has 0 fully saturated rings. The second-order valence-corrected chi connectivity index (χ2v) is 5.63. The minimum atomic E-state index is -1.02. The second kappa shape index (κ2) is 7.08. The van der Waals surface area contributed by atoms with Gasteiger partial charge in [-0.1, -0.05) is 13.8 Å². The Morgan fingerprint density at radius 2 is 2.21 bits per heavy atom. The van der Waals surface area contributed by atoms with Gasteiger partial charge in [0.1, 0.15) is 0 Å². The van der Waals surface area contributed by atoms with Gasteiger partial charge in [-0.25, -0.2) is 14.6 Å². The molecule has 0 saturated heterocycles. The van der Waals surface area contributed by atoms with Crippen molar-refractivity contribution in [3.8, 4) is 0 Å². The molecule has 0 radical (unpaired) electrons. The Balaban J connectivity index is 2.33. The first-order chi connectivity index (χ1) is 8.90. The fourth-order valence-corrected chi connectivity index (χ4v) is 2.34. The molecule has 19 heavy (non-hydrogen) atoms. The third kappa shape index (κ3) is 5.25. The van der Waals surface area contributed by atoms with Gasteiger partial charge in [0.15, 0.2) is 5.69 Å². The van der Waals surface area contributed by atoms with Crippen LogP contribution in [-0.4, -0.2) is 47.1 Å². The minimum absolute atomic E-state index is 0.0586. The quantitative estimate of drug-likeness (QED) is 0.833. The van der Waals surface area contributed by atoms with Crippen LogP contribution in [0.15, 0.2) is 5.38 Å². The van der Waals surface area contributed by atoms with Gasteiger partial charge < -0.3 is 15.3 Å². The molecule has 0 aliphatic rings. The maximum absolute atomic E-state index is 11.7. The van der Waals surface area contributed by atoms with Crippen LogP contribution < -0.4 is 5.32 Å². The smallest absolute Gasteiger partial charge is 0.355 e. The predicted octanol–water partition coefficient (Wildman–Crippen LogP) is 1.68. The molecule has 1 rings (SSSR count). The number of rotatable bonds is 6. The highest BCUT2D eigenvalue weighted by molar-refractivity contribution is 7.09. The van der Waals surface area contributed by atoms with Crippen LogP contribution >= 0.6 is 11.3 Å². The Hall–Kier alpha value is -1.63. The Labute approximate surface area is 116 Å². The fourth-order valence-electron chi connectivity index (χ4n) is 1.57. The van der Waals surface area contributed by atoms with Crippen LogP contribution in [0.1, 0.15) is 29.3 Å². The lowest BCUT2D eigenvalue weighted by atomic mass is 10.2. The number of aromatic carboxylic acids is 1. The van der Waals surface area contributed by atoms with Gasteiger partial charge in [-0.3, -0.25) is 0 Å². The van der Waals surface area contributed by atoms with E-state index in [1.165, 1.54) is 16.7 Å². The van der Waals surface area contributed by atoms with Crippen molar-refractivity contribution in [2.45, 2.75) is 20.3 Å². The summed E-state index contributed by atoms with van der Waals surface area (Å²) in [6, 6.07) is -0.122. The van der Waals surface area contributed by atoms with Crippen molar-refractivity contribution in [1.82, 2.24) is 15.2 Å². The van der Waals surface area contributed by atoms with Crippen molar-refractivity contribution in [3.63, 3.8) is 0 Å². The second-order valence-electron chi connectivity index (χ2n) is 4.69. The molecule has 0 aromatic carbocycles. The highest BCUT2D eigenvalue weighted by atomic mass is 32.1. The Kier molecular flexibility index (Phi) is 5.75. The number of carboxylic acids is 1. The van der Waals surface area contributed by atoms with Crippen LogP contribution in [0.3, 0.4) is 0 Å². The number of aromatic nitrogens is 1. The van der Waals surface area contributed by atoms with E-state index in [-0.39, 0.29) is 11.7 Å². The van der Waals surface area contributed by atoms with Crippen molar-refractivity contribution >= 4 is 23.3 Å². The summed E-state index contributed by atoms with van der Waals surface area (Å²) >= 11 is 1.29. The zero-order valence-electron chi connectivity index (χ0n) is 11.3. The van der Waals surface area contributed by atoms with E-state index >= 15 is 0 Å². The maximum atomic E-state index is 11.7. The highest BCUT2D eigenvalue weighted by Crippen LogP contribution is 2.09. The van der Waals surface area contributed by atoms with E-state index in [0.29, 0.717) is 30.4 Å². The third-order valence-corrected chi connectivity index (χ3v) is 3.28. The van der Waals surface area contributed by atoms with Crippen LogP contribution in [0.2, 0.25) is 0 Å². The fraction of sp³-hybridized carbons (Fsp3) is 0.583. The molecule has 6 nitrogen and oxygen atoms in total. The zero-order chi connectivity index (χ0) is 14.4. The lowest BCUT2D eigenvalue weighted by Crippen LogP contribution is -2.39. The summed E-state index contributed by atoms with van der Waals surface area (Å²) in [4.78, 5) is 27.9. The van der Waals surface area contributed by atoms with Gasteiger partial charge >= 0.3 is 12.0 Å². The summed E-state index contributed by atoms with van der Waals surface area (Å²) in [6.45, 7) is 5.25. The summed E-state index contributed by atoms with van der Waals surface area (Å²) in [6.07, 6.45) is 0.541. The monoisotopic (exact) mass is 285 g/mol. The summed E-state index contributed by atoms with van der Waals surface area (Å²) in [7, 11) is 1.75. The number of hydrogen-bond donors (Lipinski definition) is 2. The molecule has 0 spiro atoms. The molecular weight excluding hydrogens is 266 g/mol. The largest absolute Gasteiger partial charge is 0.476 e. The van der Waals surface area contributed by atoms with Crippen LogP contribution in [0.4, 0.5) is 4.79 Å². The topological polar surface area (TPSA) is 82.5 Å². The Bertz CT molecular complexity index is 445.